The average molecular weight is 678 g/mol. The number of aromatic nitrogens is 2. The molecule has 0 bridgehead atoms. The van der Waals surface area contributed by atoms with Crippen molar-refractivity contribution in [1.29, 1.82) is 0 Å². The van der Waals surface area contributed by atoms with Crippen LogP contribution in [-0.2, 0) is 37.0 Å². The molecule has 16 heteroatoms. The van der Waals surface area contributed by atoms with Crippen molar-refractivity contribution in [2.24, 2.45) is 5.92 Å². The van der Waals surface area contributed by atoms with E-state index >= 15 is 8.78 Å². The summed E-state index contributed by atoms with van der Waals surface area (Å²) in [6.45, 7) is 5.83. The number of nitrogens with zero attached hydrogens (tertiary/aromatic N) is 2. The molecule has 13 nitrogen and oxygen atoms in total. The molecular weight excluding hydrogens is 640 g/mol. The van der Waals surface area contributed by atoms with Crippen molar-refractivity contribution in [3.63, 3.8) is 0 Å². The third-order valence-electron chi connectivity index (χ3n) is 6.41. The van der Waals surface area contributed by atoms with Crippen LogP contribution in [0.15, 0.2) is 58.8 Å². The van der Waals surface area contributed by atoms with Gasteiger partial charge in [-0.15, -0.1) is 11.3 Å². The summed E-state index contributed by atoms with van der Waals surface area (Å²) < 4.78 is 41.2. The van der Waals surface area contributed by atoms with Crippen LogP contribution in [0, 0.1) is 5.92 Å². The smallest absolute Gasteiger partial charge is 0.412 e. The Bertz CT molecular complexity index is 1610. The van der Waals surface area contributed by atoms with Crippen molar-refractivity contribution in [2.45, 2.75) is 71.4 Å². The highest BCUT2D eigenvalue weighted by atomic mass is 32.1. The Morgan fingerprint density at radius 3 is 2.34 bits per heavy atom. The number of aliphatic hydroxyl groups is 1. The van der Waals surface area contributed by atoms with Gasteiger partial charge in [-0.3, -0.25) is 29.1 Å². The van der Waals surface area contributed by atoms with Gasteiger partial charge in [-0.05, 0) is 43.7 Å². The van der Waals surface area contributed by atoms with Crippen LogP contribution in [0.5, 0.6) is 0 Å². The second-order valence-corrected chi connectivity index (χ2v) is 12.7. The predicted molar refractivity (Wildman–Crippen MR) is 169 cm³/mol. The minimum absolute atomic E-state index is 0.0526. The van der Waals surface area contributed by atoms with E-state index in [2.05, 4.69) is 15.6 Å². The van der Waals surface area contributed by atoms with E-state index in [1.54, 1.807) is 73.9 Å². The van der Waals surface area contributed by atoms with E-state index in [1.165, 1.54) is 25.2 Å². The van der Waals surface area contributed by atoms with E-state index in [9.17, 15) is 29.1 Å². The summed E-state index contributed by atoms with van der Waals surface area (Å²) in [4.78, 5) is 68.0. The van der Waals surface area contributed by atoms with E-state index in [0.717, 1.165) is 10.8 Å². The maximum Gasteiger partial charge on any atom is 0.412 e. The van der Waals surface area contributed by atoms with E-state index in [-0.39, 0.29) is 18.1 Å². The summed E-state index contributed by atoms with van der Waals surface area (Å²) in [5, 5.41) is 18.6. The fourth-order valence-corrected chi connectivity index (χ4v) is 4.92. The van der Waals surface area contributed by atoms with Gasteiger partial charge < -0.3 is 25.2 Å². The van der Waals surface area contributed by atoms with Crippen LogP contribution in [0.4, 0.5) is 19.3 Å². The first kappa shape index (κ1) is 36.8. The normalized spacial score (nSPS) is 13.0. The lowest BCUT2D eigenvalue weighted by molar-refractivity contribution is -0.171. The first-order valence-electron chi connectivity index (χ1n) is 14.5. The molecule has 47 heavy (non-hydrogen) atoms. The number of rotatable bonds is 13. The number of amides is 3. The lowest BCUT2D eigenvalue weighted by Crippen LogP contribution is -2.60. The van der Waals surface area contributed by atoms with Gasteiger partial charge in [-0.2, -0.15) is 8.78 Å². The van der Waals surface area contributed by atoms with Gasteiger partial charge in [0.1, 0.15) is 37.1 Å². The fourth-order valence-electron chi connectivity index (χ4n) is 4.19. The SMILES string of the molecule is CC(C)C(NC(=O)Cn1c(-c2cccs2)ncc(NC(=O)OCc2ccccc2)c1=O)C(O)C(F)(F)C(=O)NCC(=O)OC(C)(C)C. The molecule has 4 N–H and O–H groups in total. The molecule has 2 aromatic heterocycles. The molecule has 2 heterocycles. The molecule has 0 aliphatic heterocycles. The lowest BCUT2D eigenvalue weighted by Gasteiger charge is -2.32. The van der Waals surface area contributed by atoms with Gasteiger partial charge in [0, 0.05) is 0 Å². The van der Waals surface area contributed by atoms with Gasteiger partial charge in [-0.25, -0.2) is 9.78 Å². The number of hydrogen-bond donors (Lipinski definition) is 4. The number of halogens is 2. The van der Waals surface area contributed by atoms with Crippen LogP contribution in [0.1, 0.15) is 40.2 Å². The topological polar surface area (TPSA) is 178 Å². The molecule has 0 radical (unpaired) electrons. The van der Waals surface area contributed by atoms with Crippen molar-refractivity contribution in [3.8, 4) is 10.7 Å². The number of thiophene rings is 1. The molecule has 2 unspecified atom stereocenters. The Balaban J connectivity index is 1.77. The number of carbonyl (C=O) groups is 4. The number of aliphatic hydroxyl groups excluding tert-OH is 1. The van der Waals surface area contributed by atoms with Crippen LogP contribution in [-0.4, -0.2) is 68.7 Å². The van der Waals surface area contributed by atoms with Gasteiger partial charge in [0.15, 0.2) is 5.82 Å². The Hall–Kier alpha value is -4.70. The molecule has 2 atom stereocenters. The summed E-state index contributed by atoms with van der Waals surface area (Å²) in [7, 11) is 0. The van der Waals surface area contributed by atoms with Crippen molar-refractivity contribution >= 4 is 40.9 Å². The van der Waals surface area contributed by atoms with E-state index in [1.807, 2.05) is 0 Å². The van der Waals surface area contributed by atoms with Crippen LogP contribution >= 0.6 is 11.3 Å². The maximum absolute atomic E-state index is 15.1. The van der Waals surface area contributed by atoms with Crippen LogP contribution in [0.25, 0.3) is 10.7 Å². The van der Waals surface area contributed by atoms with Crippen LogP contribution in [0.3, 0.4) is 0 Å². The molecule has 0 aliphatic rings. The molecule has 0 saturated heterocycles. The van der Waals surface area contributed by atoms with Gasteiger partial charge in [0.2, 0.25) is 5.91 Å². The van der Waals surface area contributed by atoms with Crippen molar-refractivity contribution in [2.75, 3.05) is 11.9 Å². The van der Waals surface area contributed by atoms with Gasteiger partial charge in [0.05, 0.1) is 17.1 Å². The summed E-state index contributed by atoms with van der Waals surface area (Å²) >= 11 is 1.21. The molecule has 0 spiro atoms. The zero-order valence-corrected chi connectivity index (χ0v) is 27.2. The monoisotopic (exact) mass is 677 g/mol. The van der Waals surface area contributed by atoms with E-state index in [4.69, 9.17) is 9.47 Å². The Morgan fingerprint density at radius 2 is 1.74 bits per heavy atom. The van der Waals surface area contributed by atoms with Gasteiger partial charge in [0.25, 0.3) is 11.5 Å². The van der Waals surface area contributed by atoms with E-state index in [0.29, 0.717) is 10.4 Å². The number of hydrogen-bond acceptors (Lipinski definition) is 10. The van der Waals surface area contributed by atoms with Crippen LogP contribution in [0.2, 0.25) is 0 Å². The Kier molecular flexibility index (Phi) is 12.3. The maximum atomic E-state index is 15.1. The zero-order valence-electron chi connectivity index (χ0n) is 26.4. The van der Waals surface area contributed by atoms with Crippen molar-refractivity contribution < 1.29 is 42.5 Å². The number of anilines is 1. The molecule has 3 amide bonds. The fraction of sp³-hybridized carbons (Fsp3) is 0.419. The lowest BCUT2D eigenvalue weighted by atomic mass is 9.93. The number of esters is 1. The predicted octanol–water partition coefficient (Wildman–Crippen LogP) is 3.32. The number of benzene rings is 1. The van der Waals surface area contributed by atoms with Crippen LogP contribution < -0.4 is 21.5 Å². The second-order valence-electron chi connectivity index (χ2n) is 11.7. The average Bonchev–Trinajstić information content (AvgIpc) is 3.53. The highest BCUT2D eigenvalue weighted by molar-refractivity contribution is 7.13. The van der Waals surface area contributed by atoms with Crippen molar-refractivity contribution in [1.82, 2.24) is 20.2 Å². The third kappa shape index (κ3) is 10.4. The Morgan fingerprint density at radius 1 is 1.06 bits per heavy atom. The molecule has 1 aromatic carbocycles. The quantitative estimate of drug-likeness (QED) is 0.198. The standard InChI is InChI=1S/C31H37F2N5O8S/c1-18(2)24(25(41)31(32,33)28(43)35-15-23(40)46-30(3,4)5)37-22(39)16-38-26(21-12-9-13-47-21)34-14-20(27(38)42)36-29(44)45-17-19-10-7-6-8-11-19/h6-14,18,24-25,41H,15-17H2,1-5H3,(H,35,43)(H,36,44)(H,37,39). The number of nitrogens with one attached hydrogen (secondary N) is 3. The second kappa shape index (κ2) is 15.7. The highest BCUT2D eigenvalue weighted by Gasteiger charge is 2.51. The van der Waals surface area contributed by atoms with E-state index < -0.39 is 72.1 Å². The summed E-state index contributed by atoms with van der Waals surface area (Å²) in [5.74, 6) is -9.09. The minimum Gasteiger partial charge on any atom is -0.459 e. The molecule has 3 rings (SSSR count). The largest absolute Gasteiger partial charge is 0.459 e. The third-order valence-corrected chi connectivity index (χ3v) is 7.28. The van der Waals surface area contributed by atoms with Gasteiger partial charge >= 0.3 is 18.0 Å². The molecular formula is C31H37F2N5O8S. The minimum atomic E-state index is -4.44. The number of alkyl halides is 2. The summed E-state index contributed by atoms with van der Waals surface area (Å²) in [6, 6.07) is 10.5. The molecule has 0 fully saturated rings. The molecule has 254 valence electrons. The summed E-state index contributed by atoms with van der Waals surface area (Å²) in [6.07, 6.45) is -2.57. The molecule has 0 aliphatic carbocycles. The zero-order chi connectivity index (χ0) is 34.9. The van der Waals surface area contributed by atoms with Gasteiger partial charge in [-0.1, -0.05) is 50.2 Å². The number of ether oxygens (including phenoxy) is 2. The summed E-state index contributed by atoms with van der Waals surface area (Å²) in [5.41, 5.74) is -1.37. The van der Waals surface area contributed by atoms with Crippen molar-refractivity contribution in [3.05, 3.63) is 70.0 Å². The Labute approximate surface area is 273 Å². The first-order chi connectivity index (χ1) is 22.0. The molecule has 3 aromatic rings. The highest BCUT2D eigenvalue weighted by Crippen LogP contribution is 2.26. The molecule has 0 saturated carbocycles. The number of carbonyl (C=O) groups excluding carboxylic acids is 4. The first-order valence-corrected chi connectivity index (χ1v) is 15.3.